The minimum Gasteiger partial charge on any atom is -0.354 e. The van der Waals surface area contributed by atoms with Crippen molar-refractivity contribution in [2.24, 2.45) is 0 Å². The van der Waals surface area contributed by atoms with Gasteiger partial charge in [-0.25, -0.2) is 0 Å². The Morgan fingerprint density at radius 3 is 2.31 bits per heavy atom. The largest absolute Gasteiger partial charge is 0.354 e. The molecule has 150 valence electrons. The van der Waals surface area contributed by atoms with Crippen LogP contribution in [0.15, 0.2) is 73.3 Å². The molecule has 5 nitrogen and oxygen atoms in total. The number of nitrogens with zero attached hydrogens (tertiary/aromatic N) is 2. The standard InChI is InChI=1S/C24H28N4O/c1-2-19-5-7-22(8-6-19)23(27-16-11-20-9-14-25-15-10-20)24(29)28-17-12-21-4-3-13-26-18-21/h3-10,13-15,18,23,27H,2,11-12,16-17H2,1H3,(H,28,29). The van der Waals surface area contributed by atoms with Gasteiger partial charge >= 0.3 is 0 Å². The summed E-state index contributed by atoms with van der Waals surface area (Å²) in [6, 6.07) is 15.8. The number of carbonyl (C=O) groups is 1. The van der Waals surface area contributed by atoms with Gasteiger partial charge in [-0.15, -0.1) is 0 Å². The molecule has 1 unspecified atom stereocenters. The van der Waals surface area contributed by atoms with E-state index < -0.39 is 0 Å². The normalized spacial score (nSPS) is 11.8. The predicted octanol–water partition coefficient (Wildman–Crippen LogP) is 3.27. The summed E-state index contributed by atoms with van der Waals surface area (Å²) in [7, 11) is 0. The fourth-order valence-electron chi connectivity index (χ4n) is 3.20. The first-order valence-electron chi connectivity index (χ1n) is 10.1. The molecule has 0 saturated carbocycles. The Morgan fingerprint density at radius 1 is 0.862 bits per heavy atom. The molecule has 5 heteroatoms. The molecule has 1 aromatic carbocycles. The Morgan fingerprint density at radius 2 is 1.62 bits per heavy atom. The monoisotopic (exact) mass is 388 g/mol. The lowest BCUT2D eigenvalue weighted by atomic mass is 10.0. The van der Waals surface area contributed by atoms with E-state index >= 15 is 0 Å². The quantitative estimate of drug-likeness (QED) is 0.559. The van der Waals surface area contributed by atoms with E-state index in [9.17, 15) is 4.79 Å². The zero-order valence-electron chi connectivity index (χ0n) is 16.8. The van der Waals surface area contributed by atoms with Gasteiger partial charge in [0.15, 0.2) is 0 Å². The van der Waals surface area contributed by atoms with Gasteiger partial charge in [0.1, 0.15) is 6.04 Å². The van der Waals surface area contributed by atoms with Gasteiger partial charge in [-0.2, -0.15) is 0 Å². The summed E-state index contributed by atoms with van der Waals surface area (Å²) < 4.78 is 0. The second-order valence-electron chi connectivity index (χ2n) is 6.99. The van der Waals surface area contributed by atoms with Crippen LogP contribution in [0.4, 0.5) is 0 Å². The third-order valence-corrected chi connectivity index (χ3v) is 4.93. The topological polar surface area (TPSA) is 66.9 Å². The van der Waals surface area contributed by atoms with Crippen molar-refractivity contribution < 1.29 is 4.79 Å². The Kier molecular flexibility index (Phi) is 7.90. The van der Waals surface area contributed by atoms with Crippen molar-refractivity contribution >= 4 is 5.91 Å². The molecule has 2 heterocycles. The first-order chi connectivity index (χ1) is 14.3. The summed E-state index contributed by atoms with van der Waals surface area (Å²) >= 11 is 0. The second kappa shape index (κ2) is 11.1. The minimum absolute atomic E-state index is 0.00660. The second-order valence-corrected chi connectivity index (χ2v) is 6.99. The molecule has 1 atom stereocenters. The highest BCUT2D eigenvalue weighted by atomic mass is 16.2. The van der Waals surface area contributed by atoms with Crippen LogP contribution in [-0.2, 0) is 24.1 Å². The Bertz CT molecular complexity index is 866. The first-order valence-corrected chi connectivity index (χ1v) is 10.1. The molecule has 3 aromatic rings. The summed E-state index contributed by atoms with van der Waals surface area (Å²) in [6.45, 7) is 3.42. The maximum absolute atomic E-state index is 12.9. The van der Waals surface area contributed by atoms with Crippen LogP contribution in [0.25, 0.3) is 0 Å². The van der Waals surface area contributed by atoms with Gasteiger partial charge in [0.25, 0.3) is 0 Å². The van der Waals surface area contributed by atoms with Gasteiger partial charge < -0.3 is 10.6 Å². The van der Waals surface area contributed by atoms with Crippen LogP contribution >= 0.6 is 0 Å². The Hall–Kier alpha value is -3.05. The molecule has 3 rings (SSSR count). The molecular formula is C24H28N4O. The van der Waals surface area contributed by atoms with Crippen molar-refractivity contribution in [3.8, 4) is 0 Å². The zero-order valence-corrected chi connectivity index (χ0v) is 16.8. The number of nitrogens with one attached hydrogen (secondary N) is 2. The van der Waals surface area contributed by atoms with E-state index in [1.54, 1.807) is 18.6 Å². The number of benzene rings is 1. The van der Waals surface area contributed by atoms with Crippen LogP contribution < -0.4 is 10.6 Å². The van der Waals surface area contributed by atoms with Gasteiger partial charge in [0.05, 0.1) is 0 Å². The van der Waals surface area contributed by atoms with Crippen LogP contribution in [0.1, 0.15) is 35.2 Å². The van der Waals surface area contributed by atoms with Crippen molar-refractivity contribution in [1.29, 1.82) is 0 Å². The molecule has 0 radical (unpaired) electrons. The van der Waals surface area contributed by atoms with Gasteiger partial charge in [-0.1, -0.05) is 37.3 Å². The van der Waals surface area contributed by atoms with E-state index in [0.717, 1.165) is 30.4 Å². The lowest BCUT2D eigenvalue weighted by Gasteiger charge is -2.19. The molecule has 2 aromatic heterocycles. The molecule has 2 N–H and O–H groups in total. The molecular weight excluding hydrogens is 360 g/mol. The van der Waals surface area contributed by atoms with Crippen LogP contribution in [-0.4, -0.2) is 29.0 Å². The third kappa shape index (κ3) is 6.50. The van der Waals surface area contributed by atoms with Crippen molar-refractivity contribution in [2.75, 3.05) is 13.1 Å². The first kappa shape index (κ1) is 20.7. The number of rotatable bonds is 10. The fraction of sp³-hybridized carbons (Fsp3) is 0.292. The summed E-state index contributed by atoms with van der Waals surface area (Å²) in [4.78, 5) is 21.1. The lowest BCUT2D eigenvalue weighted by Crippen LogP contribution is -2.39. The number of aromatic nitrogens is 2. The van der Waals surface area contributed by atoms with Crippen molar-refractivity contribution in [3.05, 3.63) is 95.6 Å². The highest BCUT2D eigenvalue weighted by molar-refractivity contribution is 5.83. The Labute approximate surface area is 172 Å². The van der Waals surface area contributed by atoms with Crippen LogP contribution in [0, 0.1) is 0 Å². The molecule has 1 amide bonds. The van der Waals surface area contributed by atoms with E-state index in [0.29, 0.717) is 13.1 Å². The van der Waals surface area contributed by atoms with E-state index in [-0.39, 0.29) is 11.9 Å². The molecule has 29 heavy (non-hydrogen) atoms. The smallest absolute Gasteiger partial charge is 0.241 e. The van der Waals surface area contributed by atoms with Crippen LogP contribution in [0.2, 0.25) is 0 Å². The highest BCUT2D eigenvalue weighted by Gasteiger charge is 2.19. The molecule has 0 spiro atoms. The van der Waals surface area contributed by atoms with Crippen LogP contribution in [0.5, 0.6) is 0 Å². The molecule has 0 aliphatic carbocycles. The van der Waals surface area contributed by atoms with Crippen molar-refractivity contribution in [3.63, 3.8) is 0 Å². The predicted molar refractivity (Wildman–Crippen MR) is 115 cm³/mol. The van der Waals surface area contributed by atoms with Crippen molar-refractivity contribution in [2.45, 2.75) is 32.2 Å². The summed E-state index contributed by atoms with van der Waals surface area (Å²) in [6.07, 6.45) is 9.76. The molecule has 0 fully saturated rings. The highest BCUT2D eigenvalue weighted by Crippen LogP contribution is 2.15. The average molecular weight is 389 g/mol. The summed E-state index contributed by atoms with van der Waals surface area (Å²) in [5.74, 6) is -0.00660. The van der Waals surface area contributed by atoms with E-state index in [4.69, 9.17) is 0 Å². The number of aryl methyl sites for hydroxylation is 1. The lowest BCUT2D eigenvalue weighted by molar-refractivity contribution is -0.123. The molecule has 0 aliphatic heterocycles. The fourth-order valence-corrected chi connectivity index (χ4v) is 3.20. The van der Waals surface area contributed by atoms with Gasteiger partial charge in [0.2, 0.25) is 5.91 Å². The number of amides is 1. The number of hydrogen-bond acceptors (Lipinski definition) is 4. The van der Waals surface area contributed by atoms with E-state index in [2.05, 4.69) is 39.7 Å². The minimum atomic E-state index is -0.378. The SMILES string of the molecule is CCc1ccc(C(NCCc2ccncc2)C(=O)NCCc2cccnc2)cc1. The van der Waals surface area contributed by atoms with Gasteiger partial charge in [-0.05, 0) is 59.7 Å². The van der Waals surface area contributed by atoms with E-state index in [1.807, 2.05) is 42.6 Å². The van der Waals surface area contributed by atoms with Gasteiger partial charge in [0, 0.05) is 37.9 Å². The van der Waals surface area contributed by atoms with Crippen molar-refractivity contribution in [1.82, 2.24) is 20.6 Å². The summed E-state index contributed by atoms with van der Waals surface area (Å²) in [5, 5.41) is 6.49. The third-order valence-electron chi connectivity index (χ3n) is 4.93. The summed E-state index contributed by atoms with van der Waals surface area (Å²) in [5.41, 5.74) is 4.56. The molecule has 0 aliphatic rings. The average Bonchev–Trinajstić information content (AvgIpc) is 2.78. The Balaban J connectivity index is 1.61. The van der Waals surface area contributed by atoms with Crippen LogP contribution in [0.3, 0.4) is 0 Å². The number of pyridine rings is 2. The molecule has 0 saturated heterocycles. The number of hydrogen-bond donors (Lipinski definition) is 2. The zero-order chi connectivity index (χ0) is 20.3. The van der Waals surface area contributed by atoms with Gasteiger partial charge in [-0.3, -0.25) is 14.8 Å². The maximum atomic E-state index is 12.9. The molecule has 0 bridgehead atoms. The number of carbonyl (C=O) groups excluding carboxylic acids is 1. The van der Waals surface area contributed by atoms with E-state index in [1.165, 1.54) is 11.1 Å². The maximum Gasteiger partial charge on any atom is 0.241 e.